The third kappa shape index (κ3) is 6.75. The summed E-state index contributed by atoms with van der Waals surface area (Å²) in [5.41, 5.74) is -0.317. The number of hydrogen-bond donors (Lipinski definition) is 5. The third-order valence-electron chi connectivity index (χ3n) is 9.86. The quantitative estimate of drug-likeness (QED) is 0.195. The molecular formula is C30H45N5O6. The van der Waals surface area contributed by atoms with E-state index in [1.54, 1.807) is 0 Å². The van der Waals surface area contributed by atoms with E-state index in [1.807, 2.05) is 6.92 Å². The van der Waals surface area contributed by atoms with E-state index < -0.39 is 41.6 Å². The lowest BCUT2D eigenvalue weighted by molar-refractivity contribution is -0.167. The molecule has 6 fully saturated rings. The van der Waals surface area contributed by atoms with Crippen molar-refractivity contribution in [2.45, 2.75) is 121 Å². The second-order valence-electron chi connectivity index (χ2n) is 13.1. The van der Waals surface area contributed by atoms with Crippen LogP contribution in [0.3, 0.4) is 0 Å². The summed E-state index contributed by atoms with van der Waals surface area (Å²) in [6.07, 6.45) is 10.2. The molecule has 0 aromatic heterocycles. The van der Waals surface area contributed by atoms with Crippen molar-refractivity contribution in [3.05, 3.63) is 0 Å². The van der Waals surface area contributed by atoms with Crippen LogP contribution in [-0.4, -0.2) is 66.0 Å². The molecular weight excluding hydrogens is 526 g/mol. The minimum atomic E-state index is -1.18. The van der Waals surface area contributed by atoms with Gasteiger partial charge in [-0.05, 0) is 82.5 Å². The van der Waals surface area contributed by atoms with Crippen LogP contribution in [0.4, 0.5) is 0 Å². The predicted octanol–water partition coefficient (Wildman–Crippen LogP) is 0.995. The second kappa shape index (κ2) is 12.5. The Hall–Kier alpha value is -2.98. The molecule has 226 valence electrons. The number of rotatable bonds is 14. The molecule has 5 amide bonds. The minimum Gasteiger partial charge on any atom is -0.356 e. The summed E-state index contributed by atoms with van der Waals surface area (Å²) in [5, 5.41) is 14.1. The Balaban J connectivity index is 1.26. The van der Waals surface area contributed by atoms with E-state index in [0.29, 0.717) is 31.7 Å². The van der Waals surface area contributed by atoms with Crippen LogP contribution in [0.1, 0.15) is 96.8 Å². The molecule has 1 heterocycles. The minimum absolute atomic E-state index is 0.0156. The van der Waals surface area contributed by atoms with Crippen LogP contribution >= 0.6 is 0 Å². The maximum Gasteiger partial charge on any atom is 0.289 e. The molecule has 6 rings (SSSR count). The summed E-state index contributed by atoms with van der Waals surface area (Å²) in [6.45, 7) is 2.46. The number of carbonyl (C=O) groups is 6. The van der Waals surface area contributed by atoms with Gasteiger partial charge in [-0.25, -0.2) is 0 Å². The maximum absolute atomic E-state index is 13.6. The molecule has 0 unspecified atom stereocenters. The summed E-state index contributed by atoms with van der Waals surface area (Å²) in [6, 6.07) is -2.86. The average molecular weight is 572 g/mol. The number of nitrogens with one attached hydrogen (secondary N) is 5. The van der Waals surface area contributed by atoms with Gasteiger partial charge in [0, 0.05) is 23.9 Å². The van der Waals surface area contributed by atoms with Gasteiger partial charge in [-0.3, -0.25) is 28.8 Å². The maximum atomic E-state index is 13.6. The fraction of sp³-hybridized carbons (Fsp3) is 0.800. The smallest absolute Gasteiger partial charge is 0.289 e. The average Bonchev–Trinajstić information content (AvgIpc) is 3.53. The zero-order valence-electron chi connectivity index (χ0n) is 24.1. The Morgan fingerprint density at radius 2 is 1.56 bits per heavy atom. The number of ketones is 1. The highest BCUT2D eigenvalue weighted by atomic mass is 16.2. The molecule has 5 saturated carbocycles. The molecule has 5 aliphatic carbocycles. The monoisotopic (exact) mass is 571 g/mol. The lowest BCUT2D eigenvalue weighted by Gasteiger charge is -2.60. The van der Waals surface area contributed by atoms with Gasteiger partial charge >= 0.3 is 0 Å². The Kier molecular flexibility index (Phi) is 8.99. The van der Waals surface area contributed by atoms with Crippen molar-refractivity contribution in [2.24, 2.45) is 23.2 Å². The first kappa shape index (κ1) is 29.5. The van der Waals surface area contributed by atoms with Crippen molar-refractivity contribution in [1.29, 1.82) is 0 Å². The largest absolute Gasteiger partial charge is 0.356 e. The number of amides is 5. The highest BCUT2D eigenvalue weighted by molar-refractivity contribution is 6.38. The number of Topliss-reactive ketones (excluding diaryl/α,β-unsaturated/α-hetero) is 1. The molecule has 41 heavy (non-hydrogen) atoms. The Morgan fingerprint density at radius 1 is 0.878 bits per heavy atom. The predicted molar refractivity (Wildman–Crippen MR) is 149 cm³/mol. The van der Waals surface area contributed by atoms with Gasteiger partial charge in [-0.15, -0.1) is 0 Å². The highest BCUT2D eigenvalue weighted by Crippen LogP contribution is 2.64. The molecule has 11 heteroatoms. The first-order chi connectivity index (χ1) is 19.7. The topological polar surface area (TPSA) is 163 Å². The first-order valence-electron chi connectivity index (χ1n) is 15.7. The van der Waals surface area contributed by atoms with Crippen molar-refractivity contribution in [3.8, 4) is 0 Å². The van der Waals surface area contributed by atoms with E-state index in [9.17, 15) is 28.8 Å². The lowest BCUT2D eigenvalue weighted by atomic mass is 9.44. The van der Waals surface area contributed by atoms with Crippen LogP contribution in [0.25, 0.3) is 0 Å². The van der Waals surface area contributed by atoms with E-state index >= 15 is 0 Å². The number of carbonyl (C=O) groups excluding carboxylic acids is 6. The SMILES string of the molecule is CCC[C@H](NC(=O)[C@H](NC(=O)C12CC(C1)C2)C1CCCC1)C(=O)N[C@@H](C[C@@H]1CCCNC1=O)C(=O)C(=O)NC1CC1. The molecule has 4 atom stereocenters. The van der Waals surface area contributed by atoms with E-state index in [2.05, 4.69) is 26.6 Å². The van der Waals surface area contributed by atoms with Gasteiger partial charge in [0.25, 0.3) is 5.91 Å². The van der Waals surface area contributed by atoms with Crippen LogP contribution in [0.2, 0.25) is 0 Å². The van der Waals surface area contributed by atoms with Crippen LogP contribution < -0.4 is 26.6 Å². The molecule has 0 spiro atoms. The van der Waals surface area contributed by atoms with Gasteiger partial charge in [0.1, 0.15) is 12.1 Å². The van der Waals surface area contributed by atoms with Crippen molar-refractivity contribution >= 4 is 35.3 Å². The van der Waals surface area contributed by atoms with E-state index in [0.717, 1.165) is 64.2 Å². The summed E-state index contributed by atoms with van der Waals surface area (Å²) in [7, 11) is 0. The van der Waals surface area contributed by atoms with Crippen molar-refractivity contribution in [1.82, 2.24) is 26.6 Å². The number of hydrogen-bond acceptors (Lipinski definition) is 6. The Labute approximate surface area is 241 Å². The molecule has 0 aromatic carbocycles. The van der Waals surface area contributed by atoms with Crippen LogP contribution in [0.5, 0.6) is 0 Å². The standard InChI is InChI=1S/C30H45N5O6/c1-2-6-21(33-27(39)23(18-7-3-4-8-18)35-29(41)30-14-17(15-30)16-30)26(38)34-22(13-19-9-5-12-31-25(19)37)24(36)28(40)32-20-10-11-20/h17-23H,2-16H2,1H3,(H,31,37)(H,32,40)(H,33,39)(H,34,38)(H,35,41)/t17?,19-,21-,22-,23+,30?/m0/s1. The Bertz CT molecular complexity index is 1050. The molecule has 0 aromatic rings. The molecule has 11 nitrogen and oxygen atoms in total. The van der Waals surface area contributed by atoms with Gasteiger partial charge in [-0.2, -0.15) is 0 Å². The van der Waals surface area contributed by atoms with Gasteiger partial charge in [0.05, 0.1) is 6.04 Å². The van der Waals surface area contributed by atoms with Crippen molar-refractivity contribution < 1.29 is 28.8 Å². The van der Waals surface area contributed by atoms with Crippen LogP contribution in [-0.2, 0) is 28.8 Å². The fourth-order valence-electron chi connectivity index (χ4n) is 7.05. The summed E-state index contributed by atoms with van der Waals surface area (Å²) in [5.74, 6) is -2.57. The van der Waals surface area contributed by atoms with E-state index in [4.69, 9.17) is 0 Å². The van der Waals surface area contributed by atoms with Gasteiger partial charge in [-0.1, -0.05) is 26.2 Å². The molecule has 1 aliphatic heterocycles. The lowest BCUT2D eigenvalue weighted by Crippen LogP contribution is -2.64. The summed E-state index contributed by atoms with van der Waals surface area (Å²) in [4.78, 5) is 78.5. The molecule has 1 saturated heterocycles. The fourth-order valence-corrected chi connectivity index (χ4v) is 7.05. The van der Waals surface area contributed by atoms with Crippen molar-refractivity contribution in [3.63, 3.8) is 0 Å². The van der Waals surface area contributed by atoms with Crippen LogP contribution in [0.15, 0.2) is 0 Å². The molecule has 6 aliphatic rings. The molecule has 5 N–H and O–H groups in total. The second-order valence-corrected chi connectivity index (χ2v) is 13.1. The third-order valence-corrected chi connectivity index (χ3v) is 9.86. The van der Waals surface area contributed by atoms with Gasteiger partial charge in [0.2, 0.25) is 29.4 Å². The zero-order valence-corrected chi connectivity index (χ0v) is 24.1. The van der Waals surface area contributed by atoms with Gasteiger partial charge in [0.15, 0.2) is 0 Å². The van der Waals surface area contributed by atoms with E-state index in [-0.39, 0.29) is 41.5 Å². The van der Waals surface area contributed by atoms with E-state index in [1.165, 1.54) is 0 Å². The van der Waals surface area contributed by atoms with Gasteiger partial charge < -0.3 is 26.6 Å². The van der Waals surface area contributed by atoms with Crippen LogP contribution in [0, 0.1) is 23.2 Å². The normalized spacial score (nSPS) is 29.0. The molecule has 0 radical (unpaired) electrons. The first-order valence-corrected chi connectivity index (χ1v) is 15.7. The Morgan fingerprint density at radius 3 is 2.15 bits per heavy atom. The zero-order chi connectivity index (χ0) is 29.1. The summed E-state index contributed by atoms with van der Waals surface area (Å²) < 4.78 is 0. The summed E-state index contributed by atoms with van der Waals surface area (Å²) >= 11 is 0. The van der Waals surface area contributed by atoms with Crippen molar-refractivity contribution in [2.75, 3.05) is 6.54 Å². The number of piperidine rings is 1. The molecule has 2 bridgehead atoms. The highest BCUT2D eigenvalue weighted by Gasteiger charge is 2.61.